The number of aromatic carboxylic acids is 1. The van der Waals surface area contributed by atoms with Crippen molar-refractivity contribution >= 4 is 5.97 Å². The van der Waals surface area contributed by atoms with Gasteiger partial charge in [0.2, 0.25) is 0 Å². The summed E-state index contributed by atoms with van der Waals surface area (Å²) in [7, 11) is 0. The van der Waals surface area contributed by atoms with Crippen molar-refractivity contribution < 1.29 is 9.90 Å². The van der Waals surface area contributed by atoms with Gasteiger partial charge >= 0.3 is 5.97 Å². The first-order valence-corrected chi connectivity index (χ1v) is 2.59. The van der Waals surface area contributed by atoms with Crippen molar-refractivity contribution in [2.45, 2.75) is 0 Å². The fourth-order valence-electron chi connectivity index (χ4n) is 0.581. The maximum atomic E-state index is 10.2. The highest BCUT2D eigenvalue weighted by Gasteiger charge is 1.96. The zero-order valence-electron chi connectivity index (χ0n) is 4.74. The Balaban J connectivity index is 2.98. The van der Waals surface area contributed by atoms with Crippen LogP contribution < -0.4 is 0 Å². The lowest BCUT2D eigenvalue weighted by molar-refractivity contribution is 0.0697. The van der Waals surface area contributed by atoms with Gasteiger partial charge in [0.25, 0.3) is 0 Å². The number of carboxylic acids is 1. The second-order valence-corrected chi connectivity index (χ2v) is 1.67. The molecule has 0 saturated carbocycles. The lowest BCUT2D eigenvalue weighted by atomic mass is 10.2. The first-order chi connectivity index (χ1) is 4.30. The summed E-state index contributed by atoms with van der Waals surface area (Å²) in [4.78, 5) is 10.2. The van der Waals surface area contributed by atoms with Crippen LogP contribution in [0.2, 0.25) is 0 Å². The SMILES string of the molecule is [17O]=C([17OH])c1ccccc1. The highest BCUT2D eigenvalue weighted by molar-refractivity contribution is 5.87. The summed E-state index contributed by atoms with van der Waals surface area (Å²) in [5.41, 5.74) is 0.331. The maximum Gasteiger partial charge on any atom is 0.335 e. The molecule has 0 unspecified atom stereocenters. The van der Waals surface area contributed by atoms with E-state index in [1.54, 1.807) is 30.3 Å². The standard InChI is InChI=1S/C7H6O2/c8-7(9)6-4-2-1-3-5-6/h1-5H,(H,8,9)/i8+1,9+1. The van der Waals surface area contributed by atoms with Crippen molar-refractivity contribution in [2.24, 2.45) is 0 Å². The van der Waals surface area contributed by atoms with Gasteiger partial charge in [-0.2, -0.15) is 0 Å². The minimum atomic E-state index is -0.879. The van der Waals surface area contributed by atoms with Crippen molar-refractivity contribution in [3.8, 4) is 0 Å². The van der Waals surface area contributed by atoms with Crippen molar-refractivity contribution in [1.29, 1.82) is 0 Å². The molecule has 1 rings (SSSR count). The van der Waals surface area contributed by atoms with Gasteiger partial charge in [0.1, 0.15) is 0 Å². The molecule has 0 bridgehead atoms. The van der Waals surface area contributed by atoms with Crippen LogP contribution in [0.25, 0.3) is 0 Å². The van der Waals surface area contributed by atoms with Gasteiger partial charge in [0.15, 0.2) is 0 Å². The molecule has 46 valence electrons. The van der Waals surface area contributed by atoms with Crippen LogP contribution in [0.15, 0.2) is 30.3 Å². The van der Waals surface area contributed by atoms with E-state index in [1.165, 1.54) is 0 Å². The molecule has 0 aliphatic carbocycles. The predicted molar refractivity (Wildman–Crippen MR) is 33.4 cm³/mol. The smallest absolute Gasteiger partial charge is 0.335 e. The van der Waals surface area contributed by atoms with Crippen LogP contribution in [-0.2, 0) is 0 Å². The van der Waals surface area contributed by atoms with E-state index in [-0.39, 0.29) is 0 Å². The molecule has 0 aromatic heterocycles. The molecule has 1 aromatic rings. The van der Waals surface area contributed by atoms with Gasteiger partial charge in [-0.05, 0) is 12.1 Å². The van der Waals surface area contributed by atoms with Crippen molar-refractivity contribution in [3.05, 3.63) is 35.9 Å². The average Bonchev–Trinajstić information content (AvgIpc) is 1.90. The maximum absolute atomic E-state index is 10.2. The van der Waals surface area contributed by atoms with Crippen molar-refractivity contribution in [2.75, 3.05) is 0 Å². The normalized spacial score (nSPS) is 8.89. The largest absolute Gasteiger partial charge is 0.478 e. The van der Waals surface area contributed by atoms with Crippen LogP contribution >= 0.6 is 0 Å². The number of carboxylic acid groups (broad SMARTS) is 1. The Morgan fingerprint density at radius 3 is 2.11 bits per heavy atom. The second-order valence-electron chi connectivity index (χ2n) is 1.67. The van der Waals surface area contributed by atoms with Gasteiger partial charge in [0, 0.05) is 0 Å². The van der Waals surface area contributed by atoms with E-state index in [0.717, 1.165) is 0 Å². The van der Waals surface area contributed by atoms with Crippen LogP contribution in [0.5, 0.6) is 0 Å². The molecule has 0 aliphatic heterocycles. The molecule has 0 fully saturated rings. The van der Waals surface area contributed by atoms with Gasteiger partial charge < -0.3 is 5.11 Å². The van der Waals surface area contributed by atoms with Crippen molar-refractivity contribution in [1.82, 2.24) is 0 Å². The molecular formula is C7H6O2. The second kappa shape index (κ2) is 2.31. The summed E-state index contributed by atoms with van der Waals surface area (Å²) in [6.07, 6.45) is 0. The lowest BCUT2D eigenvalue weighted by Gasteiger charge is -1.88. The summed E-state index contributed by atoms with van der Waals surface area (Å²) in [5.74, 6) is -0.879. The minimum absolute atomic E-state index is 0.331. The molecule has 0 heterocycles. The number of hydrogen-bond acceptors (Lipinski definition) is 1. The first kappa shape index (κ1) is 5.82. The van der Waals surface area contributed by atoms with Gasteiger partial charge in [-0.15, -0.1) is 0 Å². The summed E-state index contributed by atoms with van der Waals surface area (Å²) >= 11 is 0. The van der Waals surface area contributed by atoms with E-state index in [9.17, 15) is 4.79 Å². The van der Waals surface area contributed by atoms with Gasteiger partial charge in [-0.1, -0.05) is 18.2 Å². The molecule has 9 heavy (non-hydrogen) atoms. The van der Waals surface area contributed by atoms with Crippen LogP contribution in [0.4, 0.5) is 0 Å². The summed E-state index contributed by atoms with van der Waals surface area (Å²) in [5, 5.41) is 8.38. The molecule has 0 radical (unpaired) electrons. The Hall–Kier alpha value is -1.31. The van der Waals surface area contributed by atoms with Gasteiger partial charge in [0.05, 0.1) is 5.56 Å². The topological polar surface area (TPSA) is 37.3 Å². The Kier molecular flexibility index (Phi) is 1.49. The Morgan fingerprint density at radius 2 is 1.78 bits per heavy atom. The third kappa shape index (κ3) is 1.29. The highest BCUT2D eigenvalue weighted by Crippen LogP contribution is 1.96. The average molecular weight is 124 g/mol. The molecule has 0 spiro atoms. The van der Waals surface area contributed by atoms with Gasteiger partial charge in [-0.3, -0.25) is 0 Å². The first-order valence-electron chi connectivity index (χ1n) is 2.59. The van der Waals surface area contributed by atoms with E-state index in [1.807, 2.05) is 0 Å². The quantitative estimate of drug-likeness (QED) is 0.614. The number of carbonyl (C=O) groups is 1. The molecule has 0 saturated heterocycles. The summed E-state index contributed by atoms with van der Waals surface area (Å²) in [6, 6.07) is 8.30. The van der Waals surface area contributed by atoms with E-state index < -0.39 is 5.97 Å². The van der Waals surface area contributed by atoms with Gasteiger partial charge in [-0.25, -0.2) is 4.79 Å². The Labute approximate surface area is 52.8 Å². The molecule has 0 aliphatic rings. The number of hydrogen-bond donors (Lipinski definition) is 1. The third-order valence-electron chi connectivity index (χ3n) is 1.02. The minimum Gasteiger partial charge on any atom is -0.478 e. The lowest BCUT2D eigenvalue weighted by Crippen LogP contribution is -1.93. The van der Waals surface area contributed by atoms with E-state index in [2.05, 4.69) is 0 Å². The molecule has 2 heteroatoms. The predicted octanol–water partition coefficient (Wildman–Crippen LogP) is 1.38. The monoisotopic (exact) mass is 124 g/mol. The fourth-order valence-corrected chi connectivity index (χ4v) is 0.581. The number of benzene rings is 1. The molecule has 0 atom stereocenters. The molecular weight excluding hydrogens is 118 g/mol. The Bertz CT molecular complexity index is 203. The van der Waals surface area contributed by atoms with E-state index >= 15 is 0 Å². The zero-order chi connectivity index (χ0) is 6.69. The fraction of sp³-hybridized carbons (Fsp3) is 0. The van der Waals surface area contributed by atoms with E-state index in [0.29, 0.717) is 5.56 Å². The van der Waals surface area contributed by atoms with Crippen molar-refractivity contribution in [3.63, 3.8) is 0 Å². The molecule has 0 amide bonds. The zero-order valence-corrected chi connectivity index (χ0v) is 4.74. The molecule has 1 N–H and O–H groups in total. The molecule has 1 aromatic carbocycles. The summed E-state index contributed by atoms with van der Waals surface area (Å²) in [6.45, 7) is 0. The number of rotatable bonds is 1. The summed E-state index contributed by atoms with van der Waals surface area (Å²) < 4.78 is 0. The Morgan fingerprint density at radius 1 is 1.22 bits per heavy atom. The van der Waals surface area contributed by atoms with Crippen LogP contribution in [0.1, 0.15) is 10.4 Å². The third-order valence-corrected chi connectivity index (χ3v) is 1.02. The van der Waals surface area contributed by atoms with Crippen LogP contribution in [0.3, 0.4) is 0 Å². The van der Waals surface area contributed by atoms with Crippen LogP contribution in [0, 0.1) is 0 Å². The van der Waals surface area contributed by atoms with E-state index in [4.69, 9.17) is 5.11 Å². The molecule has 2 nitrogen and oxygen atoms in total. The highest BCUT2D eigenvalue weighted by atomic mass is 17.3. The van der Waals surface area contributed by atoms with Crippen LogP contribution in [-0.4, -0.2) is 11.1 Å².